The van der Waals surface area contributed by atoms with E-state index in [4.69, 9.17) is 0 Å². The van der Waals surface area contributed by atoms with E-state index in [-0.39, 0.29) is 11.4 Å². The van der Waals surface area contributed by atoms with Crippen molar-refractivity contribution in [3.8, 4) is 5.75 Å². The molecular formula is C16H17N3O3. The lowest BCUT2D eigenvalue weighted by Gasteiger charge is -2.08. The van der Waals surface area contributed by atoms with Gasteiger partial charge in [0.1, 0.15) is 5.75 Å². The molecule has 0 aliphatic carbocycles. The lowest BCUT2D eigenvalue weighted by molar-refractivity contribution is -0.384. The van der Waals surface area contributed by atoms with Crippen LogP contribution in [0.3, 0.4) is 0 Å². The van der Waals surface area contributed by atoms with Gasteiger partial charge in [0.25, 0.3) is 5.69 Å². The molecule has 0 amide bonds. The number of rotatable bonds is 5. The van der Waals surface area contributed by atoms with Crippen LogP contribution in [0.2, 0.25) is 0 Å². The summed E-state index contributed by atoms with van der Waals surface area (Å²) in [6, 6.07) is 11.4. The number of nitro groups is 1. The summed E-state index contributed by atoms with van der Waals surface area (Å²) in [4.78, 5) is 10.2. The van der Waals surface area contributed by atoms with E-state index >= 15 is 0 Å². The normalized spacial score (nSPS) is 11.3. The number of aryl methyl sites for hydroxylation is 1. The predicted molar refractivity (Wildman–Crippen MR) is 86.4 cm³/mol. The van der Waals surface area contributed by atoms with E-state index in [0.29, 0.717) is 23.4 Å². The van der Waals surface area contributed by atoms with E-state index < -0.39 is 4.92 Å². The topological polar surface area (TPSA) is 87.8 Å². The minimum atomic E-state index is -0.450. The van der Waals surface area contributed by atoms with Crippen LogP contribution in [0.5, 0.6) is 5.75 Å². The van der Waals surface area contributed by atoms with Crippen LogP contribution in [-0.4, -0.2) is 15.7 Å². The number of phenols is 1. The van der Waals surface area contributed by atoms with E-state index in [0.717, 1.165) is 5.56 Å². The second kappa shape index (κ2) is 6.71. The Balaban J connectivity index is 2.20. The van der Waals surface area contributed by atoms with E-state index in [1.807, 2.05) is 26.0 Å². The summed E-state index contributed by atoms with van der Waals surface area (Å²) < 4.78 is 0. The van der Waals surface area contributed by atoms with Gasteiger partial charge >= 0.3 is 0 Å². The van der Waals surface area contributed by atoms with Gasteiger partial charge in [-0.3, -0.25) is 15.5 Å². The van der Waals surface area contributed by atoms with Crippen LogP contribution in [0.15, 0.2) is 47.6 Å². The molecule has 0 aromatic heterocycles. The molecule has 2 rings (SSSR count). The number of hydrogen-bond acceptors (Lipinski definition) is 5. The highest BCUT2D eigenvalue weighted by Crippen LogP contribution is 2.21. The Morgan fingerprint density at radius 1 is 1.27 bits per heavy atom. The molecule has 0 atom stereocenters. The van der Waals surface area contributed by atoms with Gasteiger partial charge in [-0.15, -0.1) is 0 Å². The Labute approximate surface area is 128 Å². The Morgan fingerprint density at radius 2 is 1.95 bits per heavy atom. The molecule has 0 radical (unpaired) electrons. The molecule has 0 saturated heterocycles. The molecule has 22 heavy (non-hydrogen) atoms. The maximum atomic E-state index is 10.6. The number of non-ortho nitro benzene ring substituents is 1. The van der Waals surface area contributed by atoms with Gasteiger partial charge in [-0.25, -0.2) is 0 Å². The zero-order valence-electron chi connectivity index (χ0n) is 12.4. The van der Waals surface area contributed by atoms with Crippen LogP contribution in [0.1, 0.15) is 24.5 Å². The average molecular weight is 299 g/mol. The van der Waals surface area contributed by atoms with Crippen molar-refractivity contribution < 1.29 is 10.0 Å². The number of nitro benzene ring substituents is 1. The summed E-state index contributed by atoms with van der Waals surface area (Å²) in [5.74, 6) is 0.186. The summed E-state index contributed by atoms with van der Waals surface area (Å²) in [7, 11) is 0. The Morgan fingerprint density at radius 3 is 2.50 bits per heavy atom. The molecule has 0 bridgehead atoms. The first-order chi connectivity index (χ1) is 10.5. The molecule has 0 aliphatic rings. The molecule has 2 aromatic rings. The molecule has 0 fully saturated rings. The summed E-state index contributed by atoms with van der Waals surface area (Å²) in [5.41, 5.74) is 5.87. The second-order valence-corrected chi connectivity index (χ2v) is 4.85. The van der Waals surface area contributed by atoms with Crippen molar-refractivity contribution in [2.75, 3.05) is 5.43 Å². The van der Waals surface area contributed by atoms with Gasteiger partial charge in [-0.2, -0.15) is 5.10 Å². The minimum Gasteiger partial charge on any atom is -0.507 e. The summed E-state index contributed by atoms with van der Waals surface area (Å²) in [6.07, 6.45) is 0.636. The fraction of sp³-hybridized carbons (Fsp3) is 0.188. The largest absolute Gasteiger partial charge is 0.507 e. The number of hydrazone groups is 1. The molecule has 6 heteroatoms. The maximum Gasteiger partial charge on any atom is 0.269 e. The number of nitrogens with one attached hydrogen (secondary N) is 1. The van der Waals surface area contributed by atoms with E-state index in [1.54, 1.807) is 18.2 Å². The smallest absolute Gasteiger partial charge is 0.269 e. The highest BCUT2D eigenvalue weighted by Gasteiger charge is 2.08. The van der Waals surface area contributed by atoms with Gasteiger partial charge in [-0.05, 0) is 43.2 Å². The van der Waals surface area contributed by atoms with Crippen LogP contribution >= 0.6 is 0 Å². The number of aromatic hydroxyl groups is 1. The number of nitrogens with zero attached hydrogens (tertiary/aromatic N) is 2. The van der Waals surface area contributed by atoms with Crippen LogP contribution in [0.25, 0.3) is 0 Å². The monoisotopic (exact) mass is 299 g/mol. The molecule has 0 aliphatic heterocycles. The fourth-order valence-electron chi connectivity index (χ4n) is 2.01. The third-order valence-corrected chi connectivity index (χ3v) is 3.20. The van der Waals surface area contributed by atoms with E-state index in [9.17, 15) is 15.2 Å². The molecule has 0 unspecified atom stereocenters. The van der Waals surface area contributed by atoms with Gasteiger partial charge in [0, 0.05) is 17.7 Å². The van der Waals surface area contributed by atoms with Crippen molar-refractivity contribution in [2.24, 2.45) is 5.10 Å². The molecule has 2 N–H and O–H groups in total. The lowest BCUT2D eigenvalue weighted by Crippen LogP contribution is -2.03. The third kappa shape index (κ3) is 3.60. The van der Waals surface area contributed by atoms with Crippen molar-refractivity contribution in [1.29, 1.82) is 0 Å². The fourth-order valence-corrected chi connectivity index (χ4v) is 2.01. The van der Waals surface area contributed by atoms with E-state index in [1.165, 1.54) is 12.1 Å². The standard InChI is InChI=1S/C16H17N3O3/c1-3-15(14-9-4-11(2)10-16(14)20)18-17-12-5-7-13(8-6-12)19(21)22/h4-10,17,20H,3H2,1-2H3. The van der Waals surface area contributed by atoms with Crippen molar-refractivity contribution in [3.05, 3.63) is 63.7 Å². The van der Waals surface area contributed by atoms with Gasteiger partial charge in [-0.1, -0.05) is 13.0 Å². The minimum absolute atomic E-state index is 0.0291. The van der Waals surface area contributed by atoms with Crippen molar-refractivity contribution >= 4 is 17.1 Å². The molecular weight excluding hydrogens is 282 g/mol. The predicted octanol–water partition coefficient (Wildman–Crippen LogP) is 3.84. The quantitative estimate of drug-likeness (QED) is 0.499. The Hall–Kier alpha value is -2.89. The van der Waals surface area contributed by atoms with Crippen molar-refractivity contribution in [2.45, 2.75) is 20.3 Å². The van der Waals surface area contributed by atoms with Crippen LogP contribution in [-0.2, 0) is 0 Å². The van der Waals surface area contributed by atoms with E-state index in [2.05, 4.69) is 10.5 Å². The summed E-state index contributed by atoms with van der Waals surface area (Å²) in [5, 5.41) is 24.9. The molecule has 0 spiro atoms. The van der Waals surface area contributed by atoms with Crippen LogP contribution < -0.4 is 5.43 Å². The van der Waals surface area contributed by atoms with Gasteiger partial charge in [0.05, 0.1) is 16.3 Å². The van der Waals surface area contributed by atoms with Crippen LogP contribution in [0.4, 0.5) is 11.4 Å². The highest BCUT2D eigenvalue weighted by molar-refractivity contribution is 6.03. The van der Waals surface area contributed by atoms with Gasteiger partial charge < -0.3 is 5.11 Å². The molecule has 114 valence electrons. The van der Waals surface area contributed by atoms with Gasteiger partial charge in [0.2, 0.25) is 0 Å². The first-order valence-corrected chi connectivity index (χ1v) is 6.88. The molecule has 6 nitrogen and oxygen atoms in total. The number of phenolic OH excluding ortho intramolecular Hbond substituents is 1. The molecule has 2 aromatic carbocycles. The first kappa shape index (κ1) is 15.5. The zero-order chi connectivity index (χ0) is 16.1. The highest BCUT2D eigenvalue weighted by atomic mass is 16.6. The number of hydrogen-bond donors (Lipinski definition) is 2. The van der Waals surface area contributed by atoms with Crippen LogP contribution in [0, 0.1) is 17.0 Å². The summed E-state index contributed by atoms with van der Waals surface area (Å²) >= 11 is 0. The zero-order valence-corrected chi connectivity index (χ0v) is 12.4. The molecule has 0 heterocycles. The third-order valence-electron chi connectivity index (χ3n) is 3.20. The molecule has 0 saturated carbocycles. The second-order valence-electron chi connectivity index (χ2n) is 4.85. The van der Waals surface area contributed by atoms with Crippen molar-refractivity contribution in [3.63, 3.8) is 0 Å². The Bertz CT molecular complexity index is 709. The maximum absolute atomic E-state index is 10.6. The Kier molecular flexibility index (Phi) is 4.73. The SMILES string of the molecule is CCC(=NNc1ccc([N+](=O)[O-])cc1)c1ccc(C)cc1O. The number of benzene rings is 2. The first-order valence-electron chi connectivity index (χ1n) is 6.88. The lowest BCUT2D eigenvalue weighted by atomic mass is 10.1. The van der Waals surface area contributed by atoms with Crippen molar-refractivity contribution in [1.82, 2.24) is 0 Å². The average Bonchev–Trinajstić information content (AvgIpc) is 2.50. The number of anilines is 1. The van der Waals surface area contributed by atoms with Gasteiger partial charge in [0.15, 0.2) is 0 Å². The summed E-state index contributed by atoms with van der Waals surface area (Å²) in [6.45, 7) is 3.84.